The second-order valence-electron chi connectivity index (χ2n) is 4.28. The molecule has 11 heteroatoms. The molecule has 122 valence electrons. The first-order chi connectivity index (χ1) is 10.6. The highest BCUT2D eigenvalue weighted by Crippen LogP contribution is 2.40. The van der Waals surface area contributed by atoms with Gasteiger partial charge >= 0.3 is 0 Å². The lowest BCUT2D eigenvalue weighted by Crippen LogP contribution is -1.98. The van der Waals surface area contributed by atoms with E-state index in [1.165, 1.54) is 0 Å². The zero-order valence-electron chi connectivity index (χ0n) is 11.0. The number of halogens is 1. The number of benzene rings is 2. The molecule has 0 radical (unpaired) electrons. The predicted molar refractivity (Wildman–Crippen MR) is 78.5 cm³/mol. The van der Waals surface area contributed by atoms with Crippen LogP contribution in [0, 0.1) is 0 Å². The minimum Gasteiger partial charge on any atom is -0.504 e. The molecule has 0 bridgehead atoms. The van der Waals surface area contributed by atoms with Crippen molar-refractivity contribution in [2.24, 2.45) is 10.2 Å². The lowest BCUT2D eigenvalue weighted by atomic mass is 10.2. The van der Waals surface area contributed by atoms with Crippen LogP contribution in [0.1, 0.15) is 0 Å². The molecule has 0 atom stereocenters. The van der Waals surface area contributed by atoms with Crippen LogP contribution in [-0.2, 0) is 10.1 Å². The summed E-state index contributed by atoms with van der Waals surface area (Å²) in [7, 11) is -4.73. The zero-order chi connectivity index (χ0) is 17.4. The first-order valence-electron chi connectivity index (χ1n) is 5.76. The van der Waals surface area contributed by atoms with Crippen LogP contribution in [0.25, 0.3) is 0 Å². The normalized spacial score (nSPS) is 11.9. The molecule has 0 spiro atoms. The number of phenols is 4. The fourth-order valence-electron chi connectivity index (χ4n) is 1.59. The highest BCUT2D eigenvalue weighted by molar-refractivity contribution is 7.86. The fraction of sp³-hybridized carbons (Fsp3) is 0. The van der Waals surface area contributed by atoms with Crippen LogP contribution in [-0.4, -0.2) is 33.4 Å². The van der Waals surface area contributed by atoms with Crippen LogP contribution >= 0.6 is 11.6 Å². The Hall–Kier alpha value is -2.56. The highest BCUT2D eigenvalue weighted by Gasteiger charge is 2.20. The molecule has 2 aromatic carbocycles. The maximum Gasteiger partial charge on any atom is 0.298 e. The van der Waals surface area contributed by atoms with Crippen LogP contribution in [0.2, 0.25) is 5.02 Å². The molecule has 2 aromatic rings. The van der Waals surface area contributed by atoms with Crippen LogP contribution in [0.5, 0.6) is 23.0 Å². The van der Waals surface area contributed by atoms with Crippen molar-refractivity contribution in [1.82, 2.24) is 0 Å². The summed E-state index contributed by atoms with van der Waals surface area (Å²) >= 11 is 5.68. The van der Waals surface area contributed by atoms with Crippen molar-refractivity contribution in [1.29, 1.82) is 0 Å². The van der Waals surface area contributed by atoms with Gasteiger partial charge in [0.2, 0.25) is 0 Å². The number of rotatable bonds is 3. The third kappa shape index (κ3) is 3.62. The summed E-state index contributed by atoms with van der Waals surface area (Å²) in [6.07, 6.45) is 0. The van der Waals surface area contributed by atoms with E-state index in [0.717, 1.165) is 24.3 Å². The van der Waals surface area contributed by atoms with E-state index in [1.807, 2.05) is 0 Å². The summed E-state index contributed by atoms with van der Waals surface area (Å²) in [5.74, 6) is -2.95. The van der Waals surface area contributed by atoms with Gasteiger partial charge in [0.1, 0.15) is 10.6 Å². The Bertz CT molecular complexity index is 889. The van der Waals surface area contributed by atoms with Gasteiger partial charge in [0.25, 0.3) is 10.1 Å². The largest absolute Gasteiger partial charge is 0.504 e. The number of phenolic OH excluding ortho intramolecular Hbond substituents is 4. The molecule has 5 N–H and O–H groups in total. The monoisotopic (exact) mass is 360 g/mol. The van der Waals surface area contributed by atoms with Gasteiger partial charge in [0.05, 0.1) is 5.69 Å². The molecule has 0 unspecified atom stereocenters. The number of aromatic hydroxyl groups is 4. The number of hydrogen-bond acceptors (Lipinski definition) is 8. The summed E-state index contributed by atoms with van der Waals surface area (Å²) in [5, 5.41) is 44.6. The topological polar surface area (TPSA) is 160 Å². The standard InChI is InChI=1S/C12H9ClN2O7S/c13-5-1-7(11(18)10(2-5)23(20,21)22)15-14-6-3-8(16)12(19)9(17)4-6/h1-4,16-19H,(H,20,21,22). The van der Waals surface area contributed by atoms with Gasteiger partial charge in [-0.05, 0) is 12.1 Å². The van der Waals surface area contributed by atoms with E-state index in [4.69, 9.17) is 16.2 Å². The molecule has 0 aliphatic carbocycles. The molecule has 2 rings (SSSR count). The van der Waals surface area contributed by atoms with Gasteiger partial charge in [-0.15, -0.1) is 5.11 Å². The Morgan fingerprint density at radius 3 is 1.96 bits per heavy atom. The van der Waals surface area contributed by atoms with Crippen molar-refractivity contribution in [2.45, 2.75) is 4.90 Å². The molecule has 0 fully saturated rings. The van der Waals surface area contributed by atoms with E-state index in [2.05, 4.69) is 10.2 Å². The molecule has 0 aromatic heterocycles. The number of nitrogens with zero attached hydrogens (tertiary/aromatic N) is 2. The quantitative estimate of drug-likeness (QED) is 0.319. The van der Waals surface area contributed by atoms with E-state index in [0.29, 0.717) is 0 Å². The van der Waals surface area contributed by atoms with Crippen molar-refractivity contribution >= 4 is 33.1 Å². The molecule has 0 aliphatic heterocycles. The first-order valence-corrected chi connectivity index (χ1v) is 7.58. The van der Waals surface area contributed by atoms with Gasteiger partial charge in [0, 0.05) is 17.2 Å². The van der Waals surface area contributed by atoms with E-state index < -0.39 is 38.0 Å². The van der Waals surface area contributed by atoms with Crippen molar-refractivity contribution in [3.05, 3.63) is 29.3 Å². The second kappa shape index (κ2) is 5.91. The minimum absolute atomic E-state index is 0.106. The summed E-state index contributed by atoms with van der Waals surface area (Å²) in [5.41, 5.74) is -0.484. The van der Waals surface area contributed by atoms with Crippen molar-refractivity contribution in [3.63, 3.8) is 0 Å². The lowest BCUT2D eigenvalue weighted by Gasteiger charge is -2.05. The lowest BCUT2D eigenvalue weighted by molar-refractivity contribution is 0.368. The summed E-state index contributed by atoms with van der Waals surface area (Å²) in [4.78, 5) is -0.852. The van der Waals surface area contributed by atoms with Crippen LogP contribution in [0.4, 0.5) is 11.4 Å². The Morgan fingerprint density at radius 1 is 0.870 bits per heavy atom. The Balaban J connectivity index is 2.51. The molecular weight excluding hydrogens is 352 g/mol. The Kier molecular flexibility index (Phi) is 4.32. The van der Waals surface area contributed by atoms with Gasteiger partial charge in [-0.25, -0.2) is 0 Å². The van der Waals surface area contributed by atoms with Crippen LogP contribution < -0.4 is 0 Å². The molecule has 0 saturated carbocycles. The smallest absolute Gasteiger partial charge is 0.298 e. The van der Waals surface area contributed by atoms with E-state index >= 15 is 0 Å². The SMILES string of the molecule is O=S(=O)(O)c1cc(Cl)cc(N=Nc2cc(O)c(O)c(O)c2)c1O. The second-order valence-corrected chi connectivity index (χ2v) is 6.11. The van der Waals surface area contributed by atoms with E-state index in [-0.39, 0.29) is 16.4 Å². The van der Waals surface area contributed by atoms with Gasteiger partial charge in [-0.1, -0.05) is 11.6 Å². The van der Waals surface area contributed by atoms with Gasteiger partial charge < -0.3 is 20.4 Å². The molecular formula is C12H9ClN2O7S. The summed E-state index contributed by atoms with van der Waals surface area (Å²) < 4.78 is 31.3. The zero-order valence-corrected chi connectivity index (χ0v) is 12.6. The molecule has 9 nitrogen and oxygen atoms in total. The van der Waals surface area contributed by atoms with Gasteiger partial charge in [-0.3, -0.25) is 4.55 Å². The maximum absolute atomic E-state index is 11.1. The molecule has 0 saturated heterocycles. The van der Waals surface area contributed by atoms with Gasteiger partial charge in [-0.2, -0.15) is 13.5 Å². The third-order valence-electron chi connectivity index (χ3n) is 2.63. The summed E-state index contributed by atoms with van der Waals surface area (Å²) in [6, 6.07) is 3.83. The maximum atomic E-state index is 11.1. The number of hydrogen-bond donors (Lipinski definition) is 5. The Labute approximate surface area is 134 Å². The number of azo groups is 1. The molecule has 0 heterocycles. The average molecular weight is 361 g/mol. The predicted octanol–water partition coefficient (Wildman–Crippen LogP) is 2.82. The third-order valence-corrected chi connectivity index (χ3v) is 3.71. The van der Waals surface area contributed by atoms with E-state index in [1.54, 1.807) is 0 Å². The molecule has 23 heavy (non-hydrogen) atoms. The van der Waals surface area contributed by atoms with Crippen molar-refractivity contribution < 1.29 is 33.4 Å². The summed E-state index contributed by atoms with van der Waals surface area (Å²) in [6.45, 7) is 0. The fourth-order valence-corrected chi connectivity index (χ4v) is 2.49. The molecule has 0 aliphatic rings. The Morgan fingerprint density at radius 2 is 1.43 bits per heavy atom. The minimum atomic E-state index is -4.73. The van der Waals surface area contributed by atoms with Crippen molar-refractivity contribution in [2.75, 3.05) is 0 Å². The average Bonchev–Trinajstić information content (AvgIpc) is 2.44. The van der Waals surface area contributed by atoms with E-state index in [9.17, 15) is 28.8 Å². The van der Waals surface area contributed by atoms with Crippen molar-refractivity contribution in [3.8, 4) is 23.0 Å². The first kappa shape index (κ1) is 16.8. The molecule has 0 amide bonds. The van der Waals surface area contributed by atoms with Gasteiger partial charge in [0.15, 0.2) is 23.0 Å². The highest BCUT2D eigenvalue weighted by atomic mass is 35.5. The van der Waals surface area contributed by atoms with Crippen LogP contribution in [0.3, 0.4) is 0 Å². The van der Waals surface area contributed by atoms with Crippen LogP contribution in [0.15, 0.2) is 39.4 Å².